The summed E-state index contributed by atoms with van der Waals surface area (Å²) in [6.45, 7) is 1.96. The molecule has 3 heterocycles. The summed E-state index contributed by atoms with van der Waals surface area (Å²) < 4.78 is 19.3. The number of methoxy groups -OCH3 is 1. The highest BCUT2D eigenvalue weighted by molar-refractivity contribution is 6.37. The monoisotopic (exact) mass is 359 g/mol. The SMILES string of the molecule is COc1ccc(F)cc1-c1ccnc2[nH]c(C3CCNCC3)c(Cl)c12. The molecule has 0 unspecified atom stereocenters. The lowest BCUT2D eigenvalue weighted by Gasteiger charge is -2.22. The predicted molar refractivity (Wildman–Crippen MR) is 97.9 cm³/mol. The lowest BCUT2D eigenvalue weighted by molar-refractivity contribution is 0.415. The normalized spacial score (nSPS) is 15.6. The summed E-state index contributed by atoms with van der Waals surface area (Å²) in [6, 6.07) is 6.35. The molecular formula is C19H19ClFN3O. The number of ether oxygens (including phenoxy) is 1. The van der Waals surface area contributed by atoms with Gasteiger partial charge in [-0.05, 0) is 55.8 Å². The van der Waals surface area contributed by atoms with Gasteiger partial charge in [0.05, 0.1) is 12.1 Å². The third kappa shape index (κ3) is 2.87. The van der Waals surface area contributed by atoms with E-state index in [2.05, 4.69) is 15.3 Å². The van der Waals surface area contributed by atoms with E-state index in [-0.39, 0.29) is 5.82 Å². The second-order valence-corrected chi connectivity index (χ2v) is 6.68. The lowest BCUT2D eigenvalue weighted by atomic mass is 9.94. The minimum atomic E-state index is -0.314. The number of halogens is 2. The number of fused-ring (bicyclic) bond motifs is 1. The molecule has 25 heavy (non-hydrogen) atoms. The largest absolute Gasteiger partial charge is 0.496 e. The van der Waals surface area contributed by atoms with Gasteiger partial charge in [0.15, 0.2) is 0 Å². The van der Waals surface area contributed by atoms with Crippen LogP contribution in [0.3, 0.4) is 0 Å². The number of piperidine rings is 1. The average molecular weight is 360 g/mol. The molecule has 2 aromatic heterocycles. The van der Waals surface area contributed by atoms with E-state index in [0.717, 1.165) is 48.2 Å². The van der Waals surface area contributed by atoms with Gasteiger partial charge in [0.25, 0.3) is 0 Å². The maximum Gasteiger partial charge on any atom is 0.139 e. The first-order chi connectivity index (χ1) is 12.2. The van der Waals surface area contributed by atoms with Crippen molar-refractivity contribution in [2.24, 2.45) is 0 Å². The van der Waals surface area contributed by atoms with E-state index in [4.69, 9.17) is 16.3 Å². The van der Waals surface area contributed by atoms with E-state index < -0.39 is 0 Å². The van der Waals surface area contributed by atoms with Crippen LogP contribution in [0.1, 0.15) is 24.5 Å². The summed E-state index contributed by atoms with van der Waals surface area (Å²) in [5, 5.41) is 4.86. The topological polar surface area (TPSA) is 49.9 Å². The van der Waals surface area contributed by atoms with Gasteiger partial charge in [0.1, 0.15) is 17.2 Å². The second kappa shape index (κ2) is 6.65. The van der Waals surface area contributed by atoms with Crippen molar-refractivity contribution < 1.29 is 9.13 Å². The summed E-state index contributed by atoms with van der Waals surface area (Å²) in [6.07, 6.45) is 3.78. The van der Waals surface area contributed by atoms with E-state index in [9.17, 15) is 4.39 Å². The van der Waals surface area contributed by atoms with E-state index in [1.807, 2.05) is 6.07 Å². The molecule has 1 fully saturated rings. The van der Waals surface area contributed by atoms with Crippen molar-refractivity contribution in [3.8, 4) is 16.9 Å². The molecular weight excluding hydrogens is 341 g/mol. The Bertz CT molecular complexity index is 918. The highest BCUT2D eigenvalue weighted by Gasteiger charge is 2.24. The molecule has 3 aromatic rings. The minimum absolute atomic E-state index is 0.314. The molecule has 0 bridgehead atoms. The van der Waals surface area contributed by atoms with Crippen molar-refractivity contribution in [2.45, 2.75) is 18.8 Å². The molecule has 0 spiro atoms. The average Bonchev–Trinajstić information content (AvgIpc) is 2.99. The fourth-order valence-electron chi connectivity index (χ4n) is 3.60. The fraction of sp³-hybridized carbons (Fsp3) is 0.316. The Kier molecular flexibility index (Phi) is 4.36. The van der Waals surface area contributed by atoms with E-state index in [0.29, 0.717) is 22.3 Å². The zero-order valence-corrected chi connectivity index (χ0v) is 14.7. The van der Waals surface area contributed by atoms with Crippen molar-refractivity contribution in [1.29, 1.82) is 0 Å². The summed E-state index contributed by atoms with van der Waals surface area (Å²) in [5.41, 5.74) is 3.24. The number of pyridine rings is 1. The molecule has 1 aliphatic heterocycles. The maximum absolute atomic E-state index is 13.8. The molecule has 0 aliphatic carbocycles. The van der Waals surface area contributed by atoms with Crippen molar-refractivity contribution >= 4 is 22.6 Å². The number of hydrogen-bond donors (Lipinski definition) is 2. The Morgan fingerprint density at radius 3 is 2.76 bits per heavy atom. The molecule has 0 saturated carbocycles. The molecule has 1 aliphatic rings. The molecule has 1 saturated heterocycles. The molecule has 0 amide bonds. The van der Waals surface area contributed by atoms with Crippen LogP contribution in [0.4, 0.5) is 4.39 Å². The zero-order chi connectivity index (χ0) is 17.4. The number of nitrogens with zero attached hydrogens (tertiary/aromatic N) is 1. The summed E-state index contributed by atoms with van der Waals surface area (Å²) >= 11 is 6.75. The maximum atomic E-state index is 13.8. The fourth-order valence-corrected chi connectivity index (χ4v) is 4.00. The zero-order valence-electron chi connectivity index (χ0n) is 13.9. The lowest BCUT2D eigenvalue weighted by Crippen LogP contribution is -2.26. The van der Waals surface area contributed by atoms with Gasteiger partial charge in [-0.15, -0.1) is 0 Å². The Morgan fingerprint density at radius 2 is 2.00 bits per heavy atom. The van der Waals surface area contributed by atoms with Crippen LogP contribution < -0.4 is 10.1 Å². The summed E-state index contributed by atoms with van der Waals surface area (Å²) in [4.78, 5) is 7.82. The van der Waals surface area contributed by atoms with Crippen molar-refractivity contribution in [2.75, 3.05) is 20.2 Å². The first-order valence-corrected chi connectivity index (χ1v) is 8.77. The molecule has 4 rings (SSSR count). The quantitative estimate of drug-likeness (QED) is 0.724. The van der Waals surface area contributed by atoms with Gasteiger partial charge in [-0.25, -0.2) is 9.37 Å². The second-order valence-electron chi connectivity index (χ2n) is 6.30. The van der Waals surface area contributed by atoms with Crippen LogP contribution in [0.25, 0.3) is 22.2 Å². The number of benzene rings is 1. The van der Waals surface area contributed by atoms with Crippen LogP contribution in [0.2, 0.25) is 5.02 Å². The van der Waals surface area contributed by atoms with Gasteiger partial charge in [-0.3, -0.25) is 0 Å². The number of aromatic nitrogens is 2. The smallest absolute Gasteiger partial charge is 0.139 e. The number of hydrogen-bond acceptors (Lipinski definition) is 3. The van der Waals surface area contributed by atoms with Crippen molar-refractivity contribution in [1.82, 2.24) is 15.3 Å². The van der Waals surface area contributed by atoms with Crippen LogP contribution in [0.5, 0.6) is 5.75 Å². The van der Waals surface area contributed by atoms with Crippen LogP contribution in [-0.4, -0.2) is 30.2 Å². The third-order valence-corrected chi connectivity index (χ3v) is 5.25. The van der Waals surface area contributed by atoms with E-state index in [1.165, 1.54) is 12.1 Å². The number of aromatic amines is 1. The van der Waals surface area contributed by atoms with E-state index >= 15 is 0 Å². The Hall–Kier alpha value is -2.11. The van der Waals surface area contributed by atoms with Gasteiger partial charge in [-0.2, -0.15) is 0 Å². The Morgan fingerprint density at radius 1 is 1.20 bits per heavy atom. The van der Waals surface area contributed by atoms with Crippen LogP contribution in [-0.2, 0) is 0 Å². The molecule has 4 nitrogen and oxygen atoms in total. The number of rotatable bonds is 3. The van der Waals surface area contributed by atoms with Gasteiger partial charge < -0.3 is 15.0 Å². The van der Waals surface area contributed by atoms with E-state index in [1.54, 1.807) is 19.4 Å². The van der Waals surface area contributed by atoms with Crippen molar-refractivity contribution in [3.63, 3.8) is 0 Å². The van der Waals surface area contributed by atoms with Gasteiger partial charge in [0.2, 0.25) is 0 Å². The highest BCUT2D eigenvalue weighted by atomic mass is 35.5. The van der Waals surface area contributed by atoms with Crippen LogP contribution >= 0.6 is 11.6 Å². The molecule has 0 radical (unpaired) electrons. The molecule has 0 atom stereocenters. The molecule has 1 aromatic carbocycles. The predicted octanol–water partition coefficient (Wildman–Crippen LogP) is 4.50. The first-order valence-electron chi connectivity index (χ1n) is 8.39. The van der Waals surface area contributed by atoms with Crippen LogP contribution in [0.15, 0.2) is 30.5 Å². The van der Waals surface area contributed by atoms with Crippen molar-refractivity contribution in [3.05, 3.63) is 47.0 Å². The highest BCUT2D eigenvalue weighted by Crippen LogP contribution is 2.42. The first kappa shape index (κ1) is 16.4. The molecule has 130 valence electrons. The standard InChI is InChI=1S/C19H19ClFN3O/c1-25-15-3-2-12(21)10-14(15)13-6-9-23-19-16(13)17(20)18(24-19)11-4-7-22-8-5-11/h2-3,6,9-11,22H,4-5,7-8H2,1H3,(H,23,24). The summed E-state index contributed by atoms with van der Waals surface area (Å²) in [5.74, 6) is 0.672. The van der Waals surface area contributed by atoms with Gasteiger partial charge >= 0.3 is 0 Å². The third-order valence-electron chi connectivity index (χ3n) is 4.86. The molecule has 6 heteroatoms. The molecule has 2 N–H and O–H groups in total. The van der Waals surface area contributed by atoms with Crippen LogP contribution in [0, 0.1) is 5.82 Å². The Labute approximate surface area is 150 Å². The van der Waals surface area contributed by atoms with Gasteiger partial charge in [0, 0.05) is 28.8 Å². The van der Waals surface area contributed by atoms with Gasteiger partial charge in [-0.1, -0.05) is 11.6 Å². The number of nitrogens with one attached hydrogen (secondary N) is 2. The summed E-state index contributed by atoms with van der Waals surface area (Å²) in [7, 11) is 1.58. The Balaban J connectivity index is 1.91. The minimum Gasteiger partial charge on any atom is -0.496 e. The number of H-pyrrole nitrogens is 1.